The van der Waals surface area contributed by atoms with Gasteiger partial charge in [0.25, 0.3) is 0 Å². The third-order valence-electron chi connectivity index (χ3n) is 4.32. The van der Waals surface area contributed by atoms with Gasteiger partial charge in [-0.3, -0.25) is 4.68 Å². The fraction of sp³-hybridized carbons (Fsp3) is 0.450. The average Bonchev–Trinajstić information content (AvgIpc) is 3.07. The van der Waals surface area contributed by atoms with Crippen LogP contribution in [-0.2, 0) is 6.54 Å². The highest BCUT2D eigenvalue weighted by Crippen LogP contribution is 2.25. The molecule has 0 unspecified atom stereocenters. The SMILES string of the molecule is Cc1cc(Cn2cc3c(NCC(C)(C)O)nccc3n2)cnc1OCC(F)(F)C(F)F. The molecule has 0 radical (unpaired) electrons. The lowest BCUT2D eigenvalue weighted by atomic mass is 10.1. The maximum Gasteiger partial charge on any atom is 0.340 e. The number of aromatic nitrogens is 4. The molecule has 0 bridgehead atoms. The van der Waals surface area contributed by atoms with Crippen molar-refractivity contribution in [2.24, 2.45) is 0 Å². The van der Waals surface area contributed by atoms with E-state index >= 15 is 0 Å². The molecule has 0 fully saturated rings. The number of aryl methyl sites for hydroxylation is 1. The van der Waals surface area contributed by atoms with Gasteiger partial charge < -0.3 is 15.2 Å². The molecule has 0 atom stereocenters. The van der Waals surface area contributed by atoms with E-state index in [1.165, 1.54) is 6.20 Å². The Morgan fingerprint density at radius 1 is 1.26 bits per heavy atom. The second-order valence-electron chi connectivity index (χ2n) is 7.90. The lowest BCUT2D eigenvalue weighted by molar-refractivity contribution is -0.148. The number of fused-ring (bicyclic) bond motifs is 1. The molecule has 0 aliphatic heterocycles. The van der Waals surface area contributed by atoms with Gasteiger partial charge in [-0.25, -0.2) is 18.7 Å². The number of pyridine rings is 2. The Kier molecular flexibility index (Phi) is 6.35. The molecule has 0 aliphatic rings. The first-order chi connectivity index (χ1) is 14.4. The van der Waals surface area contributed by atoms with E-state index < -0.39 is 24.6 Å². The summed E-state index contributed by atoms with van der Waals surface area (Å²) in [7, 11) is 0. The summed E-state index contributed by atoms with van der Waals surface area (Å²) in [6.45, 7) is 4.15. The summed E-state index contributed by atoms with van der Waals surface area (Å²) < 4.78 is 57.1. The minimum atomic E-state index is -4.24. The molecule has 3 aromatic heterocycles. The average molecular weight is 441 g/mol. The Hall–Kier alpha value is -2.95. The van der Waals surface area contributed by atoms with Crippen LogP contribution >= 0.6 is 0 Å². The fourth-order valence-corrected chi connectivity index (χ4v) is 2.79. The Morgan fingerprint density at radius 2 is 2.00 bits per heavy atom. The summed E-state index contributed by atoms with van der Waals surface area (Å²) in [4.78, 5) is 8.26. The second kappa shape index (κ2) is 8.66. The molecule has 31 heavy (non-hydrogen) atoms. The van der Waals surface area contributed by atoms with Gasteiger partial charge in [-0.2, -0.15) is 13.9 Å². The van der Waals surface area contributed by atoms with Crippen molar-refractivity contribution in [3.05, 3.63) is 41.9 Å². The highest BCUT2D eigenvalue weighted by Gasteiger charge is 2.42. The summed E-state index contributed by atoms with van der Waals surface area (Å²) in [5, 5.41) is 18.3. The molecule has 0 aliphatic carbocycles. The van der Waals surface area contributed by atoms with E-state index in [1.807, 2.05) is 0 Å². The number of nitrogens with zero attached hydrogens (tertiary/aromatic N) is 4. The zero-order valence-electron chi connectivity index (χ0n) is 17.2. The first-order valence-corrected chi connectivity index (χ1v) is 9.47. The lowest BCUT2D eigenvalue weighted by Crippen LogP contribution is -2.34. The molecule has 11 heteroatoms. The quantitative estimate of drug-likeness (QED) is 0.493. The number of hydrogen-bond acceptors (Lipinski definition) is 6. The van der Waals surface area contributed by atoms with Gasteiger partial charge in [0, 0.05) is 30.7 Å². The minimum Gasteiger partial charge on any atom is -0.471 e. The van der Waals surface area contributed by atoms with Crippen molar-refractivity contribution in [2.45, 2.75) is 45.3 Å². The largest absolute Gasteiger partial charge is 0.471 e. The van der Waals surface area contributed by atoms with Gasteiger partial charge in [-0.1, -0.05) is 0 Å². The number of ether oxygens (including phenoxy) is 1. The minimum absolute atomic E-state index is 0.128. The predicted molar refractivity (Wildman–Crippen MR) is 107 cm³/mol. The monoisotopic (exact) mass is 441 g/mol. The van der Waals surface area contributed by atoms with Crippen LogP contribution < -0.4 is 10.1 Å². The van der Waals surface area contributed by atoms with E-state index in [4.69, 9.17) is 4.74 Å². The second-order valence-corrected chi connectivity index (χ2v) is 7.90. The fourth-order valence-electron chi connectivity index (χ4n) is 2.79. The van der Waals surface area contributed by atoms with Crippen LogP contribution in [0.15, 0.2) is 30.7 Å². The maximum absolute atomic E-state index is 13.0. The summed E-state index contributed by atoms with van der Waals surface area (Å²) in [6.07, 6.45) is 1.01. The van der Waals surface area contributed by atoms with E-state index in [2.05, 4.69) is 20.4 Å². The number of aliphatic hydroxyl groups is 1. The zero-order chi connectivity index (χ0) is 22.8. The van der Waals surface area contributed by atoms with Crippen molar-refractivity contribution in [2.75, 3.05) is 18.5 Å². The van der Waals surface area contributed by atoms with Crippen LogP contribution in [0.25, 0.3) is 10.9 Å². The number of nitrogens with one attached hydrogen (secondary N) is 1. The first-order valence-electron chi connectivity index (χ1n) is 9.47. The Bertz CT molecular complexity index is 1050. The molecule has 0 amide bonds. The van der Waals surface area contributed by atoms with Gasteiger partial charge in [-0.05, 0) is 38.5 Å². The van der Waals surface area contributed by atoms with Gasteiger partial charge >= 0.3 is 12.3 Å². The van der Waals surface area contributed by atoms with Crippen molar-refractivity contribution in [1.82, 2.24) is 19.7 Å². The van der Waals surface area contributed by atoms with Crippen LogP contribution in [0.3, 0.4) is 0 Å². The van der Waals surface area contributed by atoms with E-state index in [-0.39, 0.29) is 5.88 Å². The van der Waals surface area contributed by atoms with Gasteiger partial charge in [0.2, 0.25) is 5.88 Å². The standard InChI is InChI=1S/C20H23F4N5O2/c1-12-6-13(7-26-17(12)31-11-20(23,24)18(21)22)8-29-9-14-15(28-29)4-5-25-16(14)27-10-19(2,3)30/h4-7,9,18,30H,8,10-11H2,1-3H3,(H,25,27). The predicted octanol–water partition coefficient (Wildman–Crippen LogP) is 3.65. The van der Waals surface area contributed by atoms with Gasteiger partial charge in [-0.15, -0.1) is 0 Å². The molecular weight excluding hydrogens is 418 g/mol. The van der Waals surface area contributed by atoms with E-state index in [1.54, 1.807) is 50.0 Å². The van der Waals surface area contributed by atoms with Gasteiger partial charge in [0.1, 0.15) is 5.82 Å². The summed E-state index contributed by atoms with van der Waals surface area (Å²) in [5.41, 5.74) is 0.949. The molecule has 0 aromatic carbocycles. The molecular formula is C20H23F4N5O2. The van der Waals surface area contributed by atoms with E-state index in [0.717, 1.165) is 10.9 Å². The zero-order valence-corrected chi connectivity index (χ0v) is 17.2. The molecule has 3 aromatic rings. The van der Waals surface area contributed by atoms with Crippen LogP contribution in [0.2, 0.25) is 0 Å². The van der Waals surface area contributed by atoms with E-state index in [9.17, 15) is 22.7 Å². The topological polar surface area (TPSA) is 85.1 Å². The van der Waals surface area contributed by atoms with Crippen LogP contribution in [0.5, 0.6) is 5.88 Å². The molecule has 0 saturated heterocycles. The normalized spacial score (nSPS) is 12.5. The van der Waals surface area contributed by atoms with Crippen LogP contribution in [0, 0.1) is 6.92 Å². The van der Waals surface area contributed by atoms with Crippen molar-refractivity contribution >= 4 is 16.7 Å². The first kappa shape index (κ1) is 22.7. The number of anilines is 1. The summed E-state index contributed by atoms with van der Waals surface area (Å²) in [6, 6.07) is 3.42. The molecule has 3 rings (SSSR count). The van der Waals surface area contributed by atoms with Crippen molar-refractivity contribution in [3.63, 3.8) is 0 Å². The summed E-state index contributed by atoms with van der Waals surface area (Å²) in [5.74, 6) is -3.78. The molecule has 2 N–H and O–H groups in total. The number of rotatable bonds is 9. The lowest BCUT2D eigenvalue weighted by Gasteiger charge is -2.18. The van der Waals surface area contributed by atoms with Crippen molar-refractivity contribution < 1.29 is 27.4 Å². The summed E-state index contributed by atoms with van der Waals surface area (Å²) >= 11 is 0. The number of halogens is 4. The van der Waals surface area contributed by atoms with Gasteiger partial charge in [0.15, 0.2) is 6.61 Å². The van der Waals surface area contributed by atoms with Gasteiger partial charge in [0.05, 0.1) is 23.0 Å². The smallest absolute Gasteiger partial charge is 0.340 e. The number of alkyl halides is 4. The molecule has 3 heterocycles. The van der Waals surface area contributed by atoms with Crippen LogP contribution in [0.4, 0.5) is 23.4 Å². The highest BCUT2D eigenvalue weighted by molar-refractivity contribution is 5.88. The maximum atomic E-state index is 13.0. The highest BCUT2D eigenvalue weighted by atomic mass is 19.3. The molecule has 7 nitrogen and oxygen atoms in total. The third-order valence-corrected chi connectivity index (χ3v) is 4.32. The van der Waals surface area contributed by atoms with Crippen molar-refractivity contribution in [3.8, 4) is 5.88 Å². The van der Waals surface area contributed by atoms with Crippen molar-refractivity contribution in [1.29, 1.82) is 0 Å². The molecule has 168 valence electrons. The Morgan fingerprint density at radius 3 is 2.65 bits per heavy atom. The molecule has 0 spiro atoms. The Balaban J connectivity index is 1.73. The Labute approximate surface area is 176 Å². The van der Waals surface area contributed by atoms with E-state index in [0.29, 0.717) is 30.0 Å². The van der Waals surface area contributed by atoms with Crippen LogP contribution in [0.1, 0.15) is 25.0 Å². The third kappa shape index (κ3) is 5.81. The molecule has 0 saturated carbocycles. The number of hydrogen-bond donors (Lipinski definition) is 2. The van der Waals surface area contributed by atoms with Crippen LogP contribution in [-0.4, -0.2) is 56.0 Å².